The Kier molecular flexibility index (Phi) is 5.82. The topological polar surface area (TPSA) is 84.3 Å². The Balaban J connectivity index is 1.81. The highest BCUT2D eigenvalue weighted by Gasteiger charge is 2.32. The first-order valence-corrected chi connectivity index (χ1v) is 9.35. The molecule has 1 heterocycles. The number of carboxylic acids is 1. The molecule has 0 fully saturated rings. The number of benzene rings is 2. The van der Waals surface area contributed by atoms with Gasteiger partial charge in [0.15, 0.2) is 0 Å². The average molecular weight is 391 g/mol. The number of ether oxygens (including phenoxy) is 1. The van der Waals surface area contributed by atoms with Gasteiger partial charge in [0.1, 0.15) is 5.75 Å². The van der Waals surface area contributed by atoms with Crippen molar-refractivity contribution in [2.24, 2.45) is 0 Å². The molecule has 0 aliphatic carbocycles. The van der Waals surface area contributed by atoms with Crippen molar-refractivity contribution in [2.75, 3.05) is 12.4 Å². The van der Waals surface area contributed by atoms with Gasteiger partial charge in [0.2, 0.25) is 5.95 Å². The van der Waals surface area contributed by atoms with Crippen molar-refractivity contribution in [1.82, 2.24) is 9.97 Å². The van der Waals surface area contributed by atoms with Gasteiger partial charge in [0.25, 0.3) is 0 Å². The SMILES string of the molecule is COc1ccc(-c2cnc(NCc3cccc(C)c3)nc2)cc1C(C)(C)C(=O)O. The number of nitrogens with zero attached hydrogens (tertiary/aromatic N) is 2. The van der Waals surface area contributed by atoms with Crippen LogP contribution in [-0.4, -0.2) is 28.2 Å². The second-order valence-electron chi connectivity index (χ2n) is 7.48. The lowest BCUT2D eigenvalue weighted by Crippen LogP contribution is -2.29. The molecule has 3 aromatic rings. The van der Waals surface area contributed by atoms with Gasteiger partial charge in [-0.1, -0.05) is 35.9 Å². The zero-order chi connectivity index (χ0) is 21.0. The Morgan fingerprint density at radius 2 is 1.83 bits per heavy atom. The number of nitrogens with one attached hydrogen (secondary N) is 1. The van der Waals surface area contributed by atoms with E-state index in [0.717, 1.165) is 16.7 Å². The zero-order valence-corrected chi connectivity index (χ0v) is 17.1. The lowest BCUT2D eigenvalue weighted by atomic mass is 9.83. The van der Waals surface area contributed by atoms with Crippen LogP contribution in [0.15, 0.2) is 54.9 Å². The fraction of sp³-hybridized carbons (Fsp3) is 0.261. The number of methoxy groups -OCH3 is 1. The van der Waals surface area contributed by atoms with Crippen LogP contribution in [0.2, 0.25) is 0 Å². The maximum Gasteiger partial charge on any atom is 0.313 e. The van der Waals surface area contributed by atoms with Gasteiger partial charge in [0.05, 0.1) is 12.5 Å². The minimum absolute atomic E-state index is 0.537. The summed E-state index contributed by atoms with van der Waals surface area (Å²) in [5.41, 5.74) is 3.52. The van der Waals surface area contributed by atoms with E-state index in [4.69, 9.17) is 4.74 Å². The van der Waals surface area contributed by atoms with Crippen LogP contribution in [0.5, 0.6) is 5.75 Å². The molecule has 6 nitrogen and oxygen atoms in total. The van der Waals surface area contributed by atoms with Crippen LogP contribution in [0.25, 0.3) is 11.1 Å². The molecule has 0 bridgehead atoms. The number of aryl methyl sites for hydroxylation is 1. The van der Waals surface area contributed by atoms with E-state index in [1.54, 1.807) is 32.3 Å². The lowest BCUT2D eigenvalue weighted by molar-refractivity contribution is -0.142. The fourth-order valence-corrected chi connectivity index (χ4v) is 3.06. The quantitative estimate of drug-likeness (QED) is 0.620. The highest BCUT2D eigenvalue weighted by molar-refractivity contribution is 5.82. The predicted octanol–water partition coefficient (Wildman–Crippen LogP) is 4.43. The molecule has 0 unspecified atom stereocenters. The third-order valence-electron chi connectivity index (χ3n) is 4.93. The van der Waals surface area contributed by atoms with Crippen LogP contribution in [0, 0.1) is 6.92 Å². The molecule has 150 valence electrons. The van der Waals surface area contributed by atoms with E-state index in [1.165, 1.54) is 12.7 Å². The summed E-state index contributed by atoms with van der Waals surface area (Å²) in [6.07, 6.45) is 3.45. The first-order valence-electron chi connectivity index (χ1n) is 9.35. The van der Waals surface area contributed by atoms with Crippen LogP contribution in [0.3, 0.4) is 0 Å². The molecule has 0 saturated heterocycles. The Morgan fingerprint density at radius 3 is 2.45 bits per heavy atom. The molecule has 0 spiro atoms. The Morgan fingerprint density at radius 1 is 1.10 bits per heavy atom. The summed E-state index contributed by atoms with van der Waals surface area (Å²) in [6.45, 7) is 6.02. The zero-order valence-electron chi connectivity index (χ0n) is 17.1. The van der Waals surface area contributed by atoms with Crippen molar-refractivity contribution >= 4 is 11.9 Å². The predicted molar refractivity (Wildman–Crippen MR) is 113 cm³/mol. The van der Waals surface area contributed by atoms with E-state index >= 15 is 0 Å². The molecule has 2 aromatic carbocycles. The maximum absolute atomic E-state index is 11.7. The minimum Gasteiger partial charge on any atom is -0.496 e. The van der Waals surface area contributed by atoms with Crippen molar-refractivity contribution in [3.8, 4) is 16.9 Å². The molecule has 0 aliphatic heterocycles. The number of rotatable bonds is 7. The van der Waals surface area contributed by atoms with Crippen molar-refractivity contribution in [1.29, 1.82) is 0 Å². The molecule has 2 N–H and O–H groups in total. The molecular weight excluding hydrogens is 366 g/mol. The van der Waals surface area contributed by atoms with E-state index in [9.17, 15) is 9.90 Å². The monoisotopic (exact) mass is 391 g/mol. The molecule has 0 aliphatic rings. The molecular formula is C23H25N3O3. The molecule has 0 radical (unpaired) electrons. The molecule has 6 heteroatoms. The van der Waals surface area contributed by atoms with Crippen LogP contribution < -0.4 is 10.1 Å². The van der Waals surface area contributed by atoms with Gasteiger partial charge in [-0.2, -0.15) is 0 Å². The second-order valence-corrected chi connectivity index (χ2v) is 7.48. The summed E-state index contributed by atoms with van der Waals surface area (Å²) < 4.78 is 5.37. The van der Waals surface area contributed by atoms with Gasteiger partial charge in [-0.15, -0.1) is 0 Å². The van der Waals surface area contributed by atoms with Gasteiger partial charge in [-0.3, -0.25) is 4.79 Å². The van der Waals surface area contributed by atoms with Gasteiger partial charge < -0.3 is 15.2 Å². The summed E-state index contributed by atoms with van der Waals surface area (Å²) in [6, 6.07) is 13.7. The first-order chi connectivity index (χ1) is 13.8. The van der Waals surface area contributed by atoms with Gasteiger partial charge in [-0.25, -0.2) is 9.97 Å². The third kappa shape index (κ3) is 4.54. The summed E-state index contributed by atoms with van der Waals surface area (Å²) in [5, 5.41) is 12.8. The van der Waals surface area contributed by atoms with Crippen LogP contribution in [-0.2, 0) is 16.8 Å². The highest BCUT2D eigenvalue weighted by atomic mass is 16.5. The summed E-state index contributed by atoms with van der Waals surface area (Å²) >= 11 is 0. The number of aliphatic carboxylic acids is 1. The number of aromatic nitrogens is 2. The van der Waals surface area contributed by atoms with E-state index in [1.807, 2.05) is 18.2 Å². The van der Waals surface area contributed by atoms with Crippen molar-refractivity contribution in [3.63, 3.8) is 0 Å². The van der Waals surface area contributed by atoms with E-state index in [2.05, 4.69) is 40.4 Å². The van der Waals surface area contributed by atoms with Crippen molar-refractivity contribution in [3.05, 3.63) is 71.5 Å². The van der Waals surface area contributed by atoms with Crippen LogP contribution in [0.1, 0.15) is 30.5 Å². The number of hydrogen-bond acceptors (Lipinski definition) is 5. The van der Waals surface area contributed by atoms with Gasteiger partial charge >= 0.3 is 5.97 Å². The number of carbonyl (C=O) groups is 1. The largest absolute Gasteiger partial charge is 0.496 e. The lowest BCUT2D eigenvalue weighted by Gasteiger charge is -2.23. The standard InChI is InChI=1S/C23H25N3O3/c1-15-6-5-7-16(10-15)12-24-22-25-13-18(14-26-22)17-8-9-20(29-4)19(11-17)23(2,3)21(27)28/h5-11,13-14H,12H2,1-4H3,(H,27,28)(H,24,25,26). The molecule has 0 amide bonds. The molecule has 1 aromatic heterocycles. The number of carboxylic acid groups (broad SMARTS) is 1. The molecule has 3 rings (SSSR count). The van der Waals surface area contributed by atoms with E-state index in [-0.39, 0.29) is 0 Å². The summed E-state index contributed by atoms with van der Waals surface area (Å²) in [4.78, 5) is 20.5. The number of hydrogen-bond donors (Lipinski definition) is 2. The van der Waals surface area contributed by atoms with Crippen molar-refractivity contribution in [2.45, 2.75) is 32.7 Å². The van der Waals surface area contributed by atoms with Gasteiger partial charge in [0, 0.05) is 30.1 Å². The number of anilines is 1. The van der Waals surface area contributed by atoms with Crippen LogP contribution in [0.4, 0.5) is 5.95 Å². The normalized spacial score (nSPS) is 11.2. The Hall–Kier alpha value is -3.41. The summed E-state index contributed by atoms with van der Waals surface area (Å²) in [7, 11) is 1.54. The second kappa shape index (κ2) is 8.31. The average Bonchev–Trinajstić information content (AvgIpc) is 2.72. The van der Waals surface area contributed by atoms with E-state index in [0.29, 0.717) is 23.8 Å². The molecule has 29 heavy (non-hydrogen) atoms. The van der Waals surface area contributed by atoms with Crippen LogP contribution >= 0.6 is 0 Å². The highest BCUT2D eigenvalue weighted by Crippen LogP contribution is 2.35. The smallest absolute Gasteiger partial charge is 0.313 e. The van der Waals surface area contributed by atoms with Crippen molar-refractivity contribution < 1.29 is 14.6 Å². The third-order valence-corrected chi connectivity index (χ3v) is 4.93. The fourth-order valence-electron chi connectivity index (χ4n) is 3.06. The maximum atomic E-state index is 11.7. The first kappa shape index (κ1) is 20.3. The minimum atomic E-state index is -1.09. The van der Waals surface area contributed by atoms with Gasteiger partial charge in [-0.05, 0) is 44.0 Å². The molecule has 0 saturated carbocycles. The van der Waals surface area contributed by atoms with E-state index < -0.39 is 11.4 Å². The Bertz CT molecular complexity index is 1010. The molecule has 0 atom stereocenters. The Labute approximate surface area is 170 Å². The summed E-state index contributed by atoms with van der Waals surface area (Å²) in [5.74, 6) is 0.160.